The molecule has 0 radical (unpaired) electrons. The van der Waals surface area contributed by atoms with Crippen molar-refractivity contribution in [2.45, 2.75) is 0 Å². The summed E-state index contributed by atoms with van der Waals surface area (Å²) in [6.07, 6.45) is 0. The lowest BCUT2D eigenvalue weighted by Gasteiger charge is -2.10. The highest BCUT2D eigenvalue weighted by atomic mass is 32.1. The molecule has 53 heavy (non-hydrogen) atoms. The Bertz CT molecular complexity index is 3160. The van der Waals surface area contributed by atoms with Crippen molar-refractivity contribution in [2.24, 2.45) is 0 Å². The molecule has 0 saturated heterocycles. The molecule has 0 aliphatic heterocycles. The lowest BCUT2D eigenvalue weighted by atomic mass is 10.00. The first-order chi connectivity index (χ1) is 26.2. The molecular weight excluding hydrogens is 671 g/mol. The number of furan rings is 1. The number of rotatable bonds is 5. The van der Waals surface area contributed by atoms with Gasteiger partial charge in [-0.1, -0.05) is 127 Å². The number of hydrogen-bond donors (Lipinski definition) is 0. The van der Waals surface area contributed by atoms with E-state index in [1.807, 2.05) is 54.6 Å². The van der Waals surface area contributed by atoms with Gasteiger partial charge in [0.1, 0.15) is 11.2 Å². The number of aromatic nitrogens is 5. The monoisotopic (exact) mass is 697 g/mol. The van der Waals surface area contributed by atoms with Gasteiger partial charge in [0.15, 0.2) is 22.6 Å². The van der Waals surface area contributed by atoms with Crippen molar-refractivity contribution >= 4 is 65.3 Å². The minimum atomic E-state index is 0.601. The predicted molar refractivity (Wildman–Crippen MR) is 216 cm³/mol. The van der Waals surface area contributed by atoms with Crippen LogP contribution in [0.25, 0.3) is 104 Å². The van der Waals surface area contributed by atoms with Crippen LogP contribution in [-0.2, 0) is 0 Å². The van der Waals surface area contributed by atoms with Gasteiger partial charge in [0.25, 0.3) is 0 Å². The Kier molecular flexibility index (Phi) is 6.62. The molecule has 0 N–H and O–H groups in total. The van der Waals surface area contributed by atoms with Crippen LogP contribution in [0, 0.1) is 0 Å². The van der Waals surface area contributed by atoms with E-state index in [1.54, 1.807) is 11.3 Å². The van der Waals surface area contributed by atoms with E-state index in [4.69, 9.17) is 24.4 Å². The molecule has 7 heteroatoms. The minimum Gasteiger partial charge on any atom is -0.455 e. The summed E-state index contributed by atoms with van der Waals surface area (Å²) in [4.78, 5) is 20.3. The summed E-state index contributed by atoms with van der Waals surface area (Å²) in [5.74, 6) is 1.83. The maximum atomic E-state index is 6.40. The standard InChI is InChI=1S/C46H27N5OS/c1-2-12-28(13-3-1)43-48-44(30-15-10-14-29(26-30)32-18-11-19-35-34-17-5-8-22-40(34)52-42(32)35)50-45(49-43)31-24-25-39-36(27-31)33-16-4-7-21-38(33)51(39)46-47-37-20-6-9-23-41(37)53-46/h1-27H. The fourth-order valence-electron chi connectivity index (χ4n) is 7.42. The van der Waals surface area contributed by atoms with E-state index in [9.17, 15) is 0 Å². The highest BCUT2D eigenvalue weighted by Gasteiger charge is 2.19. The fourth-order valence-corrected chi connectivity index (χ4v) is 8.42. The van der Waals surface area contributed by atoms with Crippen molar-refractivity contribution in [1.82, 2.24) is 24.5 Å². The van der Waals surface area contributed by atoms with E-state index < -0.39 is 0 Å². The Morgan fingerprint density at radius 1 is 0.434 bits per heavy atom. The Hall–Kier alpha value is -6.96. The Balaban J connectivity index is 1.08. The van der Waals surface area contributed by atoms with Crippen LogP contribution >= 0.6 is 11.3 Å². The van der Waals surface area contributed by atoms with Crippen LogP contribution < -0.4 is 0 Å². The predicted octanol–water partition coefficient (Wildman–Crippen LogP) is 12.1. The second kappa shape index (κ2) is 11.8. The van der Waals surface area contributed by atoms with Crippen LogP contribution in [0.4, 0.5) is 0 Å². The molecule has 0 aliphatic carbocycles. The van der Waals surface area contributed by atoms with Crippen molar-refractivity contribution in [3.63, 3.8) is 0 Å². The SMILES string of the molecule is c1ccc(-c2nc(-c3cccc(-c4cccc5c4oc4ccccc45)c3)nc(-c3ccc4c(c3)c3ccccc3n4-c3nc4ccccc4s3)n2)cc1. The van der Waals surface area contributed by atoms with E-state index >= 15 is 0 Å². The quantitative estimate of drug-likeness (QED) is 0.179. The summed E-state index contributed by atoms with van der Waals surface area (Å²) in [5, 5.41) is 5.40. The molecule has 4 heterocycles. The molecular formula is C46H27N5OS. The third kappa shape index (κ3) is 4.86. The highest BCUT2D eigenvalue weighted by molar-refractivity contribution is 7.20. The smallest absolute Gasteiger partial charge is 0.195 e. The van der Waals surface area contributed by atoms with Gasteiger partial charge in [0, 0.05) is 43.8 Å². The van der Waals surface area contributed by atoms with Crippen LogP contribution in [-0.4, -0.2) is 24.5 Å². The molecule has 0 fully saturated rings. The second-order valence-electron chi connectivity index (χ2n) is 13.1. The highest BCUT2D eigenvalue weighted by Crippen LogP contribution is 2.39. The zero-order valence-corrected chi connectivity index (χ0v) is 29.0. The van der Waals surface area contributed by atoms with Gasteiger partial charge in [-0.15, -0.1) is 0 Å². The molecule has 7 aromatic carbocycles. The minimum absolute atomic E-state index is 0.601. The molecule has 0 bridgehead atoms. The lowest BCUT2D eigenvalue weighted by molar-refractivity contribution is 0.670. The molecule has 0 atom stereocenters. The van der Waals surface area contributed by atoms with Gasteiger partial charge in [0.2, 0.25) is 0 Å². The van der Waals surface area contributed by atoms with Crippen molar-refractivity contribution < 1.29 is 4.42 Å². The van der Waals surface area contributed by atoms with E-state index in [0.29, 0.717) is 17.5 Å². The average molecular weight is 698 g/mol. The number of thiazole rings is 1. The molecule has 6 nitrogen and oxygen atoms in total. The maximum Gasteiger partial charge on any atom is 0.195 e. The molecule has 4 aromatic heterocycles. The first-order valence-electron chi connectivity index (χ1n) is 17.5. The number of nitrogens with zero attached hydrogens (tertiary/aromatic N) is 5. The fraction of sp³-hybridized carbons (Fsp3) is 0. The lowest BCUT2D eigenvalue weighted by Crippen LogP contribution is -2.00. The normalized spacial score (nSPS) is 11.8. The molecule has 11 rings (SSSR count). The van der Waals surface area contributed by atoms with Crippen LogP contribution in [0.2, 0.25) is 0 Å². The topological polar surface area (TPSA) is 69.6 Å². The van der Waals surface area contributed by atoms with Crippen LogP contribution in [0.15, 0.2) is 168 Å². The van der Waals surface area contributed by atoms with Gasteiger partial charge >= 0.3 is 0 Å². The van der Waals surface area contributed by atoms with Gasteiger partial charge in [-0.3, -0.25) is 4.57 Å². The Morgan fingerprint density at radius 2 is 1.08 bits per heavy atom. The number of hydrogen-bond acceptors (Lipinski definition) is 6. The summed E-state index contributed by atoms with van der Waals surface area (Å²) in [5.41, 5.74) is 9.71. The number of fused-ring (bicyclic) bond motifs is 7. The van der Waals surface area contributed by atoms with Gasteiger partial charge in [-0.2, -0.15) is 0 Å². The summed E-state index contributed by atoms with van der Waals surface area (Å²) in [6.45, 7) is 0. The molecule has 0 spiro atoms. The van der Waals surface area contributed by atoms with Gasteiger partial charge in [0.05, 0.1) is 21.3 Å². The Morgan fingerprint density at radius 3 is 1.94 bits per heavy atom. The first kappa shape index (κ1) is 29.7. The van der Waals surface area contributed by atoms with Crippen LogP contribution in [0.5, 0.6) is 0 Å². The van der Waals surface area contributed by atoms with Crippen molar-refractivity contribution in [3.8, 4) is 50.4 Å². The zero-order valence-electron chi connectivity index (χ0n) is 28.1. The maximum absolute atomic E-state index is 6.40. The number of para-hydroxylation sites is 4. The first-order valence-corrected chi connectivity index (χ1v) is 18.3. The molecule has 248 valence electrons. The molecule has 0 amide bonds. The summed E-state index contributed by atoms with van der Waals surface area (Å²) in [7, 11) is 0. The van der Waals surface area contributed by atoms with Crippen molar-refractivity contribution in [3.05, 3.63) is 164 Å². The average Bonchev–Trinajstić information content (AvgIpc) is 3.92. The van der Waals surface area contributed by atoms with E-state index in [1.165, 1.54) is 0 Å². The van der Waals surface area contributed by atoms with E-state index in [-0.39, 0.29) is 0 Å². The Labute approximate surface area is 307 Å². The summed E-state index contributed by atoms with van der Waals surface area (Å²) in [6, 6.07) is 56.2. The molecule has 0 aliphatic rings. The van der Waals surface area contributed by atoms with Crippen molar-refractivity contribution in [1.29, 1.82) is 0 Å². The van der Waals surface area contributed by atoms with Crippen LogP contribution in [0.3, 0.4) is 0 Å². The largest absolute Gasteiger partial charge is 0.455 e. The van der Waals surface area contributed by atoms with Gasteiger partial charge in [-0.25, -0.2) is 19.9 Å². The van der Waals surface area contributed by atoms with E-state index in [0.717, 1.165) is 86.9 Å². The van der Waals surface area contributed by atoms with Gasteiger partial charge in [-0.05, 0) is 54.1 Å². The van der Waals surface area contributed by atoms with Crippen molar-refractivity contribution in [2.75, 3.05) is 0 Å². The van der Waals surface area contributed by atoms with Crippen LogP contribution in [0.1, 0.15) is 0 Å². The molecule has 11 aromatic rings. The van der Waals surface area contributed by atoms with Gasteiger partial charge < -0.3 is 4.42 Å². The molecule has 0 saturated carbocycles. The molecule has 0 unspecified atom stereocenters. The summed E-state index contributed by atoms with van der Waals surface area (Å²) >= 11 is 1.70. The summed E-state index contributed by atoms with van der Waals surface area (Å²) < 4.78 is 9.83. The third-order valence-corrected chi connectivity index (χ3v) is 10.9. The number of benzene rings is 7. The van der Waals surface area contributed by atoms with E-state index in [2.05, 4.69) is 114 Å². The zero-order chi connectivity index (χ0) is 34.9. The third-order valence-electron chi connectivity index (χ3n) is 9.91. The second-order valence-corrected chi connectivity index (χ2v) is 14.1.